The maximum absolute atomic E-state index is 13.8. The minimum atomic E-state index is -0.360. The highest BCUT2D eigenvalue weighted by atomic mass is 16.2. The summed E-state index contributed by atoms with van der Waals surface area (Å²) in [5.74, 6) is 2.07. The molecule has 2 aromatic rings. The lowest BCUT2D eigenvalue weighted by Gasteiger charge is -2.38. The third-order valence-electron chi connectivity index (χ3n) is 7.33. The summed E-state index contributed by atoms with van der Waals surface area (Å²) in [6.07, 6.45) is 5.81. The van der Waals surface area contributed by atoms with Gasteiger partial charge >= 0.3 is 0 Å². The Bertz CT molecular complexity index is 979. The van der Waals surface area contributed by atoms with E-state index in [1.165, 1.54) is 5.56 Å². The molecule has 1 aromatic heterocycles. The van der Waals surface area contributed by atoms with Gasteiger partial charge in [0, 0.05) is 46.1 Å². The van der Waals surface area contributed by atoms with E-state index in [1.807, 2.05) is 31.3 Å². The first-order chi connectivity index (χ1) is 15.9. The number of hydrogen-bond donors (Lipinski definition) is 1. The molecule has 1 aromatic carbocycles. The molecule has 0 radical (unpaired) electrons. The zero-order chi connectivity index (χ0) is 23.4. The second-order valence-corrected chi connectivity index (χ2v) is 9.45. The fourth-order valence-electron chi connectivity index (χ4n) is 5.27. The largest absolute Gasteiger partial charge is 0.373 e. The van der Waals surface area contributed by atoms with Gasteiger partial charge in [-0.1, -0.05) is 43.2 Å². The number of nitrogens with one attached hydrogen (secondary N) is 1. The van der Waals surface area contributed by atoms with Gasteiger partial charge in [-0.05, 0) is 31.2 Å². The summed E-state index contributed by atoms with van der Waals surface area (Å²) in [6.45, 7) is 3.47. The molecule has 7 nitrogen and oxygen atoms in total. The number of carbonyl (C=O) groups is 2. The van der Waals surface area contributed by atoms with Gasteiger partial charge in [0.2, 0.25) is 11.8 Å². The third-order valence-corrected chi connectivity index (χ3v) is 7.33. The second-order valence-electron chi connectivity index (χ2n) is 9.45. The van der Waals surface area contributed by atoms with Crippen LogP contribution in [0.1, 0.15) is 68.4 Å². The molecule has 2 fully saturated rings. The molecule has 1 N–H and O–H groups in total. The van der Waals surface area contributed by atoms with Crippen molar-refractivity contribution in [2.45, 2.75) is 63.3 Å². The monoisotopic (exact) mass is 449 g/mol. The highest BCUT2D eigenvalue weighted by Gasteiger charge is 2.45. The molecule has 7 heteroatoms. The minimum absolute atomic E-state index is 0.00671. The number of hydrogen-bond acceptors (Lipinski definition) is 5. The van der Waals surface area contributed by atoms with Gasteiger partial charge in [-0.25, -0.2) is 9.97 Å². The number of carbonyl (C=O) groups excluding carboxylic acids is 2. The van der Waals surface area contributed by atoms with Gasteiger partial charge in [0.1, 0.15) is 11.6 Å². The van der Waals surface area contributed by atoms with Gasteiger partial charge in [0.15, 0.2) is 0 Å². The number of aromatic nitrogens is 2. The second kappa shape index (κ2) is 9.89. The predicted molar refractivity (Wildman–Crippen MR) is 129 cm³/mol. The van der Waals surface area contributed by atoms with Crippen LogP contribution in [0.3, 0.4) is 0 Å². The van der Waals surface area contributed by atoms with Gasteiger partial charge in [-0.2, -0.15) is 0 Å². The van der Waals surface area contributed by atoms with Gasteiger partial charge in [-0.15, -0.1) is 0 Å². The number of rotatable bonds is 6. The minimum Gasteiger partial charge on any atom is -0.373 e. The molecule has 4 rings (SSSR count). The molecule has 2 heterocycles. The molecule has 0 unspecified atom stereocenters. The van der Waals surface area contributed by atoms with E-state index in [1.54, 1.807) is 18.9 Å². The lowest BCUT2D eigenvalue weighted by atomic mass is 9.77. The van der Waals surface area contributed by atoms with Gasteiger partial charge in [0.25, 0.3) is 0 Å². The molecule has 1 saturated carbocycles. The number of anilines is 1. The molecule has 33 heavy (non-hydrogen) atoms. The molecular formula is C26H35N5O2. The van der Waals surface area contributed by atoms with E-state index < -0.39 is 0 Å². The van der Waals surface area contributed by atoms with Crippen LogP contribution in [0.25, 0.3) is 0 Å². The summed E-state index contributed by atoms with van der Waals surface area (Å²) in [7, 11) is 3.62. The van der Waals surface area contributed by atoms with E-state index in [4.69, 9.17) is 9.97 Å². The Kier molecular flexibility index (Phi) is 6.96. The number of nitrogens with zero attached hydrogens (tertiary/aromatic N) is 4. The van der Waals surface area contributed by atoms with Crippen LogP contribution in [-0.4, -0.2) is 58.8 Å². The van der Waals surface area contributed by atoms with Crippen molar-refractivity contribution in [1.82, 2.24) is 19.8 Å². The standard InChI is InChI=1S/C26H35N5O2/c1-19(32)30(3)18-22-17-23(27-2)29-24(28-22)20-11-15-31(16-12-20)25(33)26(13-7-8-14-26)21-9-5-4-6-10-21/h4-6,9-10,17,20H,7-8,11-16,18H2,1-3H3,(H,27,28,29). The Labute approximate surface area is 196 Å². The maximum atomic E-state index is 13.8. The number of likely N-dealkylation sites (tertiary alicyclic amines) is 1. The molecule has 2 amide bonds. The van der Waals surface area contributed by atoms with Crippen molar-refractivity contribution in [2.75, 3.05) is 32.5 Å². The smallest absolute Gasteiger partial charge is 0.233 e. The molecule has 176 valence electrons. The normalized spacial score (nSPS) is 18.2. The van der Waals surface area contributed by atoms with Crippen LogP contribution in [0.5, 0.6) is 0 Å². The molecule has 0 atom stereocenters. The zero-order valence-electron chi connectivity index (χ0n) is 20.0. The van der Waals surface area contributed by atoms with Crippen molar-refractivity contribution < 1.29 is 9.59 Å². The fourth-order valence-corrected chi connectivity index (χ4v) is 5.27. The van der Waals surface area contributed by atoms with E-state index in [0.717, 1.165) is 69.0 Å². The van der Waals surface area contributed by atoms with Crippen LogP contribution in [-0.2, 0) is 21.5 Å². The molecule has 1 aliphatic carbocycles. The van der Waals surface area contributed by atoms with Crippen LogP contribution < -0.4 is 5.32 Å². The lowest BCUT2D eigenvalue weighted by molar-refractivity contribution is -0.138. The zero-order valence-corrected chi connectivity index (χ0v) is 20.0. The van der Waals surface area contributed by atoms with E-state index in [2.05, 4.69) is 22.3 Å². The first-order valence-corrected chi connectivity index (χ1v) is 12.0. The first kappa shape index (κ1) is 23.2. The highest BCUT2D eigenvalue weighted by molar-refractivity contribution is 5.88. The molecule has 1 saturated heterocycles. The highest BCUT2D eigenvalue weighted by Crippen LogP contribution is 2.43. The van der Waals surface area contributed by atoms with E-state index in [0.29, 0.717) is 12.5 Å². The van der Waals surface area contributed by atoms with Crippen LogP contribution in [0.15, 0.2) is 36.4 Å². The summed E-state index contributed by atoms with van der Waals surface area (Å²) in [5.41, 5.74) is 1.63. The van der Waals surface area contributed by atoms with Crippen LogP contribution in [0.2, 0.25) is 0 Å². The van der Waals surface area contributed by atoms with E-state index in [9.17, 15) is 9.59 Å². The topological polar surface area (TPSA) is 78.4 Å². The van der Waals surface area contributed by atoms with E-state index >= 15 is 0 Å². The summed E-state index contributed by atoms with van der Waals surface area (Å²) < 4.78 is 0. The Morgan fingerprint density at radius 3 is 2.39 bits per heavy atom. The number of amides is 2. The van der Waals surface area contributed by atoms with Crippen molar-refractivity contribution in [3.63, 3.8) is 0 Å². The fraction of sp³-hybridized carbons (Fsp3) is 0.538. The predicted octanol–water partition coefficient (Wildman–Crippen LogP) is 3.71. The Balaban J connectivity index is 1.47. The van der Waals surface area contributed by atoms with Gasteiger partial charge < -0.3 is 15.1 Å². The molecule has 0 bridgehead atoms. The molecule has 0 spiro atoms. The molecular weight excluding hydrogens is 414 g/mol. The van der Waals surface area contributed by atoms with Crippen molar-refractivity contribution in [3.8, 4) is 0 Å². The summed E-state index contributed by atoms with van der Waals surface area (Å²) >= 11 is 0. The molecule has 1 aliphatic heterocycles. The summed E-state index contributed by atoms with van der Waals surface area (Å²) in [5, 5.41) is 3.12. The third kappa shape index (κ3) is 4.87. The van der Waals surface area contributed by atoms with Gasteiger partial charge in [0.05, 0.1) is 17.7 Å². The lowest BCUT2D eigenvalue weighted by Crippen LogP contribution is -2.48. The van der Waals surface area contributed by atoms with Crippen molar-refractivity contribution in [2.24, 2.45) is 0 Å². The van der Waals surface area contributed by atoms with Crippen molar-refractivity contribution in [3.05, 3.63) is 53.5 Å². The van der Waals surface area contributed by atoms with Crippen LogP contribution in [0.4, 0.5) is 5.82 Å². The van der Waals surface area contributed by atoms with Crippen LogP contribution >= 0.6 is 0 Å². The SMILES string of the molecule is CNc1cc(CN(C)C(C)=O)nc(C2CCN(C(=O)C3(c4ccccc4)CCCC3)CC2)n1. The molecule has 2 aliphatic rings. The van der Waals surface area contributed by atoms with Crippen molar-refractivity contribution >= 4 is 17.6 Å². The summed E-state index contributed by atoms with van der Waals surface area (Å²) in [4.78, 5) is 38.6. The van der Waals surface area contributed by atoms with Gasteiger partial charge in [-0.3, -0.25) is 9.59 Å². The van der Waals surface area contributed by atoms with Crippen LogP contribution in [0, 0.1) is 0 Å². The quantitative estimate of drug-likeness (QED) is 0.727. The summed E-state index contributed by atoms with van der Waals surface area (Å²) in [6, 6.07) is 12.2. The first-order valence-electron chi connectivity index (χ1n) is 12.0. The average molecular weight is 450 g/mol. The number of benzene rings is 1. The van der Waals surface area contributed by atoms with E-state index in [-0.39, 0.29) is 17.2 Å². The Morgan fingerprint density at radius 2 is 1.79 bits per heavy atom. The maximum Gasteiger partial charge on any atom is 0.233 e. The average Bonchev–Trinajstić information content (AvgIpc) is 3.35. The van der Waals surface area contributed by atoms with Crippen molar-refractivity contribution in [1.29, 1.82) is 0 Å². The Hall–Kier alpha value is -2.96. The number of piperidine rings is 1. The Morgan fingerprint density at radius 1 is 1.12 bits per heavy atom.